The quantitative estimate of drug-likeness (QED) is 0.649. The van der Waals surface area contributed by atoms with Gasteiger partial charge in [-0.2, -0.15) is 0 Å². The zero-order chi connectivity index (χ0) is 13.1. The summed E-state index contributed by atoms with van der Waals surface area (Å²) >= 11 is 6.37. The van der Waals surface area contributed by atoms with Crippen LogP contribution in [0, 0.1) is 11.6 Å². The number of rotatable bonds is 3. The van der Waals surface area contributed by atoms with E-state index in [9.17, 15) is 8.78 Å². The summed E-state index contributed by atoms with van der Waals surface area (Å²) in [6.07, 6.45) is 0. The van der Waals surface area contributed by atoms with Crippen LogP contribution in [0.2, 0.25) is 0 Å². The van der Waals surface area contributed by atoms with Gasteiger partial charge in [0.2, 0.25) is 0 Å². The van der Waals surface area contributed by atoms with Crippen LogP contribution in [0.4, 0.5) is 8.78 Å². The number of ether oxygens (including phenoxy) is 1. The van der Waals surface area contributed by atoms with Crippen LogP contribution in [0.25, 0.3) is 0 Å². The average Bonchev–Trinajstić information content (AvgIpc) is 2.34. The molecule has 2 rings (SSSR count). The lowest BCUT2D eigenvalue weighted by Crippen LogP contribution is -1.92. The fraction of sp³-hybridized carbons (Fsp3) is 0.0769. The molecule has 0 heterocycles. The van der Waals surface area contributed by atoms with E-state index in [1.54, 1.807) is 12.1 Å². The molecule has 1 nitrogen and oxygen atoms in total. The highest BCUT2D eigenvalue weighted by Gasteiger charge is 2.09. The summed E-state index contributed by atoms with van der Waals surface area (Å²) in [5, 5.41) is 0.552. The van der Waals surface area contributed by atoms with E-state index >= 15 is 0 Å². The Morgan fingerprint density at radius 2 is 1.56 bits per heavy atom. The third-order valence-electron chi connectivity index (χ3n) is 2.26. The minimum Gasteiger partial charge on any atom is -0.451 e. The summed E-state index contributed by atoms with van der Waals surface area (Å²) in [7, 11) is 0. The Balaban J connectivity index is 2.28. The lowest BCUT2D eigenvalue weighted by molar-refractivity contribution is 0.414. The molecule has 0 aliphatic carbocycles. The van der Waals surface area contributed by atoms with Gasteiger partial charge in [-0.3, -0.25) is 0 Å². The van der Waals surface area contributed by atoms with Crippen molar-refractivity contribution in [2.24, 2.45) is 0 Å². The van der Waals surface area contributed by atoms with Crippen molar-refractivity contribution in [1.82, 2.24) is 0 Å². The summed E-state index contributed by atoms with van der Waals surface area (Å²) in [6, 6.07) is 8.87. The molecule has 0 amide bonds. The molecule has 0 unspecified atom stereocenters. The molecule has 0 radical (unpaired) electrons. The molecule has 0 aromatic heterocycles. The van der Waals surface area contributed by atoms with Crippen molar-refractivity contribution < 1.29 is 13.5 Å². The van der Waals surface area contributed by atoms with Crippen molar-refractivity contribution in [1.29, 1.82) is 0 Å². The van der Waals surface area contributed by atoms with Gasteiger partial charge in [-0.15, -0.1) is 0 Å². The van der Waals surface area contributed by atoms with Crippen molar-refractivity contribution in [2.75, 3.05) is 0 Å². The molecular formula is C13H8Br2F2O. The standard InChI is InChI=1S/C13H8Br2F2O/c14-7-8-1-3-12(10(16)5-8)18-13-4-2-9(15)6-11(13)17/h1-6H,7H2. The summed E-state index contributed by atoms with van der Waals surface area (Å²) in [6.45, 7) is 0. The minimum absolute atomic E-state index is 0.000854. The van der Waals surface area contributed by atoms with Crippen molar-refractivity contribution in [3.05, 3.63) is 58.1 Å². The van der Waals surface area contributed by atoms with E-state index in [4.69, 9.17) is 4.74 Å². The monoisotopic (exact) mass is 376 g/mol. The molecule has 18 heavy (non-hydrogen) atoms. The molecule has 0 spiro atoms. The van der Waals surface area contributed by atoms with Crippen LogP contribution in [-0.2, 0) is 5.33 Å². The summed E-state index contributed by atoms with van der Waals surface area (Å²) in [5.74, 6) is -1.08. The Kier molecular flexibility index (Phi) is 4.35. The number of halogens is 4. The van der Waals surface area contributed by atoms with Gasteiger partial charge in [0.25, 0.3) is 0 Å². The lowest BCUT2D eigenvalue weighted by Gasteiger charge is -2.08. The van der Waals surface area contributed by atoms with E-state index in [2.05, 4.69) is 31.9 Å². The second kappa shape index (κ2) is 5.80. The maximum atomic E-state index is 13.7. The van der Waals surface area contributed by atoms with Gasteiger partial charge in [-0.25, -0.2) is 8.78 Å². The highest BCUT2D eigenvalue weighted by Crippen LogP contribution is 2.29. The number of alkyl halides is 1. The summed E-state index contributed by atoms with van der Waals surface area (Å²) < 4.78 is 33.0. The first-order chi connectivity index (χ1) is 8.60. The lowest BCUT2D eigenvalue weighted by atomic mass is 10.2. The first-order valence-electron chi connectivity index (χ1n) is 5.07. The van der Waals surface area contributed by atoms with Crippen molar-refractivity contribution in [3.63, 3.8) is 0 Å². The second-order valence-corrected chi connectivity index (χ2v) is 5.05. The van der Waals surface area contributed by atoms with Crippen LogP contribution in [0.1, 0.15) is 5.56 Å². The Bertz CT molecular complexity index is 573. The average molecular weight is 378 g/mol. The molecule has 0 bridgehead atoms. The van der Waals surface area contributed by atoms with Crippen molar-refractivity contribution in [3.8, 4) is 11.5 Å². The summed E-state index contributed by atoms with van der Waals surface area (Å²) in [4.78, 5) is 0. The largest absolute Gasteiger partial charge is 0.451 e. The number of benzene rings is 2. The van der Waals surface area contributed by atoms with Crippen molar-refractivity contribution >= 4 is 31.9 Å². The van der Waals surface area contributed by atoms with E-state index in [1.807, 2.05) is 0 Å². The second-order valence-electron chi connectivity index (χ2n) is 3.58. The van der Waals surface area contributed by atoms with Gasteiger partial charge < -0.3 is 4.74 Å². The van der Waals surface area contributed by atoms with E-state index in [-0.39, 0.29) is 11.5 Å². The van der Waals surface area contributed by atoms with Gasteiger partial charge in [-0.05, 0) is 35.9 Å². The smallest absolute Gasteiger partial charge is 0.166 e. The maximum absolute atomic E-state index is 13.7. The van der Waals surface area contributed by atoms with Crippen LogP contribution in [0.15, 0.2) is 40.9 Å². The maximum Gasteiger partial charge on any atom is 0.166 e. The number of hydrogen-bond donors (Lipinski definition) is 0. The van der Waals surface area contributed by atoms with Crippen LogP contribution < -0.4 is 4.74 Å². The Morgan fingerprint density at radius 1 is 0.944 bits per heavy atom. The number of hydrogen-bond acceptors (Lipinski definition) is 1. The molecule has 94 valence electrons. The minimum atomic E-state index is -0.548. The van der Waals surface area contributed by atoms with E-state index < -0.39 is 11.6 Å². The fourth-order valence-electron chi connectivity index (χ4n) is 1.39. The van der Waals surface area contributed by atoms with Crippen molar-refractivity contribution in [2.45, 2.75) is 5.33 Å². The first kappa shape index (κ1) is 13.5. The fourth-order valence-corrected chi connectivity index (χ4v) is 2.07. The molecule has 2 aromatic carbocycles. The highest BCUT2D eigenvalue weighted by molar-refractivity contribution is 9.10. The van der Waals surface area contributed by atoms with E-state index in [0.717, 1.165) is 5.56 Å². The predicted molar refractivity (Wildman–Crippen MR) is 73.2 cm³/mol. The van der Waals surface area contributed by atoms with Crippen LogP contribution in [0.5, 0.6) is 11.5 Å². The van der Waals surface area contributed by atoms with Gasteiger partial charge in [-0.1, -0.05) is 37.9 Å². The van der Waals surface area contributed by atoms with E-state index in [0.29, 0.717) is 9.80 Å². The topological polar surface area (TPSA) is 9.23 Å². The SMILES string of the molecule is Fc1cc(Br)ccc1Oc1ccc(CBr)cc1F. The first-order valence-corrected chi connectivity index (χ1v) is 6.99. The normalized spacial score (nSPS) is 10.4. The van der Waals surface area contributed by atoms with Gasteiger partial charge in [0.05, 0.1) is 0 Å². The van der Waals surface area contributed by atoms with Gasteiger partial charge >= 0.3 is 0 Å². The van der Waals surface area contributed by atoms with Crippen LogP contribution in [0.3, 0.4) is 0 Å². The van der Waals surface area contributed by atoms with Gasteiger partial charge in [0.1, 0.15) is 0 Å². The summed E-state index contributed by atoms with van der Waals surface area (Å²) in [5.41, 5.74) is 0.788. The van der Waals surface area contributed by atoms with Gasteiger partial charge in [0, 0.05) is 9.80 Å². The highest BCUT2D eigenvalue weighted by atomic mass is 79.9. The zero-order valence-corrected chi connectivity index (χ0v) is 12.3. The molecule has 0 aliphatic rings. The van der Waals surface area contributed by atoms with Crippen LogP contribution >= 0.6 is 31.9 Å². The molecule has 0 saturated heterocycles. The molecule has 5 heteroatoms. The molecule has 0 saturated carbocycles. The molecule has 2 aromatic rings. The predicted octanol–water partition coefficient (Wildman–Crippen LogP) is 5.41. The zero-order valence-electron chi connectivity index (χ0n) is 9.09. The Morgan fingerprint density at radius 3 is 2.11 bits per heavy atom. The van der Waals surface area contributed by atoms with E-state index in [1.165, 1.54) is 24.3 Å². The Hall–Kier alpha value is -0.940. The van der Waals surface area contributed by atoms with Crippen LogP contribution in [-0.4, -0.2) is 0 Å². The molecule has 0 N–H and O–H groups in total. The molecular weight excluding hydrogens is 370 g/mol. The third-order valence-corrected chi connectivity index (χ3v) is 3.41. The molecule has 0 atom stereocenters. The Labute approximate surface area is 120 Å². The molecule has 0 fully saturated rings. The van der Waals surface area contributed by atoms with Gasteiger partial charge in [0.15, 0.2) is 23.1 Å². The third kappa shape index (κ3) is 3.09. The molecule has 0 aliphatic heterocycles.